The van der Waals surface area contributed by atoms with Crippen molar-refractivity contribution in [1.29, 1.82) is 0 Å². The number of carbonyl (C=O) groups is 3. The summed E-state index contributed by atoms with van der Waals surface area (Å²) >= 11 is 0. The summed E-state index contributed by atoms with van der Waals surface area (Å²) in [4.78, 5) is 38.7. The second kappa shape index (κ2) is 9.09. The summed E-state index contributed by atoms with van der Waals surface area (Å²) in [5.41, 5.74) is 1.38. The van der Waals surface area contributed by atoms with Crippen LogP contribution in [0.5, 0.6) is 5.75 Å². The van der Waals surface area contributed by atoms with E-state index in [0.29, 0.717) is 11.4 Å². The number of hydrogen-bond donors (Lipinski definition) is 2. The Morgan fingerprint density at radius 3 is 2.62 bits per heavy atom. The monoisotopic (exact) mass is 397 g/mol. The van der Waals surface area contributed by atoms with Crippen molar-refractivity contribution in [3.05, 3.63) is 54.1 Å². The summed E-state index contributed by atoms with van der Waals surface area (Å²) in [5, 5.41) is 5.33. The predicted molar refractivity (Wildman–Crippen MR) is 108 cm³/mol. The van der Waals surface area contributed by atoms with Crippen molar-refractivity contribution in [1.82, 2.24) is 5.32 Å². The van der Waals surface area contributed by atoms with E-state index in [4.69, 9.17) is 9.47 Å². The number of nitrogens with one attached hydrogen (secondary N) is 2. The predicted octanol–water partition coefficient (Wildman–Crippen LogP) is 1.82. The van der Waals surface area contributed by atoms with Gasteiger partial charge in [-0.25, -0.2) is 4.79 Å². The molecule has 8 nitrogen and oxygen atoms in total. The van der Waals surface area contributed by atoms with Gasteiger partial charge in [0.05, 0.1) is 36.6 Å². The molecular weight excluding hydrogens is 374 g/mol. The number of ether oxygens (including phenoxy) is 2. The Kier molecular flexibility index (Phi) is 6.33. The van der Waals surface area contributed by atoms with Crippen molar-refractivity contribution in [2.45, 2.75) is 13.0 Å². The Morgan fingerprint density at radius 1 is 1.14 bits per heavy atom. The molecule has 0 saturated carbocycles. The van der Waals surface area contributed by atoms with E-state index in [0.717, 1.165) is 5.69 Å². The average Bonchev–Trinajstić information content (AvgIpc) is 2.73. The average molecular weight is 397 g/mol. The number of likely N-dealkylation sites (N-methyl/N-ethyl adjacent to an activating group) is 1. The molecule has 8 heteroatoms. The summed E-state index contributed by atoms with van der Waals surface area (Å²) in [6, 6.07) is 13.9. The molecule has 0 bridgehead atoms. The van der Waals surface area contributed by atoms with Gasteiger partial charge in [-0.05, 0) is 31.2 Å². The van der Waals surface area contributed by atoms with Gasteiger partial charge in [0.25, 0.3) is 5.91 Å². The highest BCUT2D eigenvalue weighted by Crippen LogP contribution is 2.33. The third-order valence-corrected chi connectivity index (χ3v) is 4.43. The molecule has 0 saturated heterocycles. The second-order valence-corrected chi connectivity index (χ2v) is 6.38. The van der Waals surface area contributed by atoms with Crippen molar-refractivity contribution in [2.24, 2.45) is 0 Å². The number of rotatable bonds is 6. The van der Waals surface area contributed by atoms with Crippen molar-refractivity contribution in [3.8, 4) is 5.75 Å². The zero-order valence-electron chi connectivity index (χ0n) is 16.3. The molecule has 152 valence electrons. The number of anilines is 2. The van der Waals surface area contributed by atoms with Gasteiger partial charge in [0, 0.05) is 7.05 Å². The van der Waals surface area contributed by atoms with E-state index in [1.807, 2.05) is 12.1 Å². The van der Waals surface area contributed by atoms with Gasteiger partial charge >= 0.3 is 5.97 Å². The lowest BCUT2D eigenvalue weighted by Gasteiger charge is -2.35. The van der Waals surface area contributed by atoms with Gasteiger partial charge < -0.3 is 25.0 Å². The lowest BCUT2D eigenvalue weighted by Crippen LogP contribution is -2.50. The first-order valence-corrected chi connectivity index (χ1v) is 9.31. The molecule has 2 aromatic carbocycles. The Hall–Kier alpha value is -3.55. The molecule has 1 aliphatic heterocycles. The normalized spacial score (nSPS) is 15.0. The number of benzene rings is 2. The number of carbonyl (C=O) groups excluding carboxylic acids is 3. The number of amides is 2. The molecule has 0 unspecified atom stereocenters. The zero-order valence-corrected chi connectivity index (χ0v) is 16.3. The fourth-order valence-electron chi connectivity index (χ4n) is 3.10. The van der Waals surface area contributed by atoms with Crippen molar-refractivity contribution in [3.63, 3.8) is 0 Å². The second-order valence-electron chi connectivity index (χ2n) is 6.38. The Balaban J connectivity index is 1.77. The standard InChI is InChI=1S/C21H23N3O5/c1-3-28-21(27)14-8-4-5-9-15(14)23-19(25)13-24-12-18(20(26)22-2)29-17-11-7-6-10-16(17)24/h4-11,18H,3,12-13H2,1-2H3,(H,22,26)(H,23,25)/t18-/m0/s1. The molecule has 1 atom stereocenters. The first-order chi connectivity index (χ1) is 14.0. The van der Waals surface area contributed by atoms with Crippen molar-refractivity contribution in [2.75, 3.05) is 37.0 Å². The summed E-state index contributed by atoms with van der Waals surface area (Å²) in [7, 11) is 1.54. The summed E-state index contributed by atoms with van der Waals surface area (Å²) in [5.74, 6) is -0.557. The first kappa shape index (κ1) is 20.2. The minimum Gasteiger partial charge on any atom is -0.477 e. The van der Waals surface area contributed by atoms with Gasteiger partial charge in [-0.2, -0.15) is 0 Å². The number of fused-ring (bicyclic) bond motifs is 1. The van der Waals surface area contributed by atoms with E-state index in [1.54, 1.807) is 48.2 Å². The molecule has 1 aliphatic rings. The maximum Gasteiger partial charge on any atom is 0.340 e. The molecule has 0 radical (unpaired) electrons. The summed E-state index contributed by atoms with van der Waals surface area (Å²) in [6.07, 6.45) is -0.727. The Morgan fingerprint density at radius 2 is 1.86 bits per heavy atom. The van der Waals surface area contributed by atoms with Crippen LogP contribution in [0.4, 0.5) is 11.4 Å². The van der Waals surface area contributed by atoms with Crippen LogP contribution in [0.25, 0.3) is 0 Å². The summed E-state index contributed by atoms with van der Waals surface area (Å²) < 4.78 is 10.8. The van der Waals surface area contributed by atoms with Crippen LogP contribution in [0.2, 0.25) is 0 Å². The van der Waals surface area contributed by atoms with Crippen LogP contribution >= 0.6 is 0 Å². The zero-order chi connectivity index (χ0) is 20.8. The molecule has 2 aromatic rings. The van der Waals surface area contributed by atoms with Crippen LogP contribution in [-0.4, -0.2) is 50.6 Å². The Labute approximate surface area is 168 Å². The molecule has 0 aromatic heterocycles. The van der Waals surface area contributed by atoms with E-state index in [1.165, 1.54) is 7.05 Å². The number of esters is 1. The fourth-order valence-corrected chi connectivity index (χ4v) is 3.10. The molecule has 1 heterocycles. The van der Waals surface area contributed by atoms with Gasteiger partial charge in [0.15, 0.2) is 6.10 Å². The summed E-state index contributed by atoms with van der Waals surface area (Å²) in [6.45, 7) is 2.18. The maximum atomic E-state index is 12.7. The van der Waals surface area contributed by atoms with Crippen LogP contribution in [0, 0.1) is 0 Å². The molecule has 2 amide bonds. The fraction of sp³-hybridized carbons (Fsp3) is 0.286. The quantitative estimate of drug-likeness (QED) is 0.722. The minimum absolute atomic E-state index is 0.00890. The van der Waals surface area contributed by atoms with E-state index < -0.39 is 12.1 Å². The van der Waals surface area contributed by atoms with Gasteiger partial charge in [0.2, 0.25) is 5.91 Å². The van der Waals surface area contributed by atoms with Crippen LogP contribution in [0.3, 0.4) is 0 Å². The van der Waals surface area contributed by atoms with Gasteiger partial charge in [0.1, 0.15) is 5.75 Å². The lowest BCUT2D eigenvalue weighted by atomic mass is 10.1. The van der Waals surface area contributed by atoms with Crippen molar-refractivity contribution < 1.29 is 23.9 Å². The topological polar surface area (TPSA) is 97.0 Å². The Bertz CT molecular complexity index is 915. The third kappa shape index (κ3) is 4.66. The van der Waals surface area contributed by atoms with Crippen LogP contribution in [-0.2, 0) is 14.3 Å². The van der Waals surface area contributed by atoms with Gasteiger partial charge in [-0.15, -0.1) is 0 Å². The molecular formula is C21H23N3O5. The number of para-hydroxylation sites is 3. The molecule has 0 fully saturated rings. The lowest BCUT2D eigenvalue weighted by molar-refractivity contribution is -0.127. The highest BCUT2D eigenvalue weighted by Gasteiger charge is 2.31. The highest BCUT2D eigenvalue weighted by molar-refractivity contribution is 6.02. The molecule has 0 spiro atoms. The molecule has 2 N–H and O–H groups in total. The number of nitrogens with zero attached hydrogens (tertiary/aromatic N) is 1. The van der Waals surface area contributed by atoms with Crippen LogP contribution in [0.15, 0.2) is 48.5 Å². The SMILES string of the molecule is CCOC(=O)c1ccccc1NC(=O)CN1C[C@@H](C(=O)NC)Oc2ccccc21. The first-order valence-electron chi connectivity index (χ1n) is 9.31. The van der Waals surface area contributed by atoms with Crippen LogP contribution < -0.4 is 20.3 Å². The van der Waals surface area contributed by atoms with Crippen LogP contribution in [0.1, 0.15) is 17.3 Å². The van der Waals surface area contributed by atoms with E-state index in [9.17, 15) is 14.4 Å². The van der Waals surface area contributed by atoms with Gasteiger partial charge in [-0.3, -0.25) is 9.59 Å². The smallest absolute Gasteiger partial charge is 0.340 e. The third-order valence-electron chi connectivity index (χ3n) is 4.43. The molecule has 3 rings (SSSR count). The highest BCUT2D eigenvalue weighted by atomic mass is 16.5. The van der Waals surface area contributed by atoms with E-state index in [-0.39, 0.29) is 37.1 Å². The molecule has 0 aliphatic carbocycles. The van der Waals surface area contributed by atoms with E-state index >= 15 is 0 Å². The number of hydrogen-bond acceptors (Lipinski definition) is 6. The molecule has 29 heavy (non-hydrogen) atoms. The van der Waals surface area contributed by atoms with Crippen molar-refractivity contribution >= 4 is 29.2 Å². The van der Waals surface area contributed by atoms with E-state index in [2.05, 4.69) is 10.6 Å². The van der Waals surface area contributed by atoms with Gasteiger partial charge in [-0.1, -0.05) is 24.3 Å². The largest absolute Gasteiger partial charge is 0.477 e. The minimum atomic E-state index is -0.727. The maximum absolute atomic E-state index is 12.7.